The largest absolute Gasteiger partial charge is 0.456 e. The number of ether oxygens (including phenoxy) is 1. The summed E-state index contributed by atoms with van der Waals surface area (Å²) in [5.41, 5.74) is 1.44. The molecule has 3 aromatic heterocycles. The molecule has 9 heteroatoms. The van der Waals surface area contributed by atoms with Crippen LogP contribution in [0.5, 0.6) is 11.5 Å². The summed E-state index contributed by atoms with van der Waals surface area (Å²) in [7, 11) is 3.51. The van der Waals surface area contributed by atoms with Crippen molar-refractivity contribution in [1.82, 2.24) is 14.8 Å². The Kier molecular flexibility index (Phi) is 6.01. The molecule has 1 aliphatic heterocycles. The lowest BCUT2D eigenvalue weighted by atomic mass is 10.1. The van der Waals surface area contributed by atoms with E-state index in [1.54, 1.807) is 53.6 Å². The highest BCUT2D eigenvalue weighted by Gasteiger charge is 2.30. The maximum atomic E-state index is 13.1. The highest BCUT2D eigenvalue weighted by Crippen LogP contribution is 2.39. The number of amides is 2. The lowest BCUT2D eigenvalue weighted by Gasteiger charge is -2.22. The van der Waals surface area contributed by atoms with Gasteiger partial charge in [0.25, 0.3) is 11.8 Å². The van der Waals surface area contributed by atoms with Crippen LogP contribution in [0.2, 0.25) is 0 Å². The van der Waals surface area contributed by atoms with Gasteiger partial charge in [0.1, 0.15) is 11.5 Å². The van der Waals surface area contributed by atoms with Crippen LogP contribution in [0.1, 0.15) is 37.7 Å². The number of benzene rings is 1. The predicted molar refractivity (Wildman–Crippen MR) is 135 cm³/mol. The third kappa shape index (κ3) is 3.93. The Morgan fingerprint density at radius 3 is 2.82 bits per heavy atom. The third-order valence-corrected chi connectivity index (χ3v) is 8.32. The van der Waals surface area contributed by atoms with Crippen molar-refractivity contribution in [3.63, 3.8) is 0 Å². The molecule has 4 aromatic rings. The van der Waals surface area contributed by atoms with Crippen LogP contribution >= 0.6 is 22.7 Å². The van der Waals surface area contributed by atoms with E-state index in [-0.39, 0.29) is 24.5 Å². The minimum atomic E-state index is -0.119. The van der Waals surface area contributed by atoms with Crippen molar-refractivity contribution in [2.75, 3.05) is 27.2 Å². The van der Waals surface area contributed by atoms with E-state index < -0.39 is 0 Å². The fraction of sp³-hybridized carbons (Fsp3) is 0.320. The number of nitrogens with zero attached hydrogens (tertiary/aromatic N) is 3. The van der Waals surface area contributed by atoms with Crippen LogP contribution in [0.4, 0.5) is 0 Å². The van der Waals surface area contributed by atoms with E-state index in [9.17, 15) is 14.7 Å². The molecule has 1 atom stereocenters. The molecule has 0 radical (unpaired) electrons. The van der Waals surface area contributed by atoms with Crippen LogP contribution in [-0.4, -0.2) is 65.0 Å². The molecule has 5 rings (SSSR count). The average Bonchev–Trinajstić information content (AvgIpc) is 3.54. The molecule has 2 amide bonds. The van der Waals surface area contributed by atoms with Gasteiger partial charge in [-0.1, -0.05) is 0 Å². The smallest absolute Gasteiger partial charge is 0.264 e. The number of carbonyl (C=O) groups excluding carboxylic acids is 2. The number of aromatic nitrogens is 1. The Morgan fingerprint density at radius 1 is 1.24 bits per heavy atom. The lowest BCUT2D eigenvalue weighted by molar-refractivity contribution is 0.0682. The predicted octanol–water partition coefficient (Wildman–Crippen LogP) is 4.91. The Hall–Kier alpha value is -3.01. The monoisotopic (exact) mass is 495 g/mol. The molecule has 1 fully saturated rings. The Bertz CT molecular complexity index is 1410. The molecule has 34 heavy (non-hydrogen) atoms. The van der Waals surface area contributed by atoms with Crippen LogP contribution in [0.25, 0.3) is 20.3 Å². The normalized spacial score (nSPS) is 15.9. The lowest BCUT2D eigenvalue weighted by Crippen LogP contribution is -2.37. The second kappa shape index (κ2) is 8.98. The number of hydrogen-bond acceptors (Lipinski definition) is 7. The van der Waals surface area contributed by atoms with E-state index in [0.717, 1.165) is 38.1 Å². The fourth-order valence-corrected chi connectivity index (χ4v) is 6.52. The summed E-state index contributed by atoms with van der Waals surface area (Å²) in [6.07, 6.45) is 3.40. The fourth-order valence-electron chi connectivity index (χ4n) is 4.41. The minimum Gasteiger partial charge on any atom is -0.456 e. The van der Waals surface area contributed by atoms with Crippen LogP contribution < -0.4 is 4.74 Å². The first kappa shape index (κ1) is 22.8. The van der Waals surface area contributed by atoms with Gasteiger partial charge in [0, 0.05) is 47.9 Å². The molecule has 0 aliphatic carbocycles. The standard InChI is InChI=1S/C25H25N3O4S2/c1-14-22(25(31)27(2)3)17-7-6-16(11-20(17)33-14)32-19-8-9-26-18-12-21(34-23(18)19)24(30)28-10-4-5-15(28)13-29/h6-9,11-12,15,29H,4-5,10,13H2,1-3H3/t15-/m0/s1. The molecular weight excluding hydrogens is 470 g/mol. The van der Waals surface area contributed by atoms with E-state index in [0.29, 0.717) is 28.4 Å². The van der Waals surface area contributed by atoms with Gasteiger partial charge in [0.15, 0.2) is 0 Å². The Labute approximate surface area is 205 Å². The van der Waals surface area contributed by atoms with Crippen molar-refractivity contribution in [3.8, 4) is 11.5 Å². The summed E-state index contributed by atoms with van der Waals surface area (Å²) < 4.78 is 8.02. The van der Waals surface area contributed by atoms with E-state index >= 15 is 0 Å². The van der Waals surface area contributed by atoms with E-state index in [4.69, 9.17) is 4.74 Å². The Balaban J connectivity index is 1.46. The second-order valence-electron chi connectivity index (χ2n) is 8.60. The zero-order valence-corrected chi connectivity index (χ0v) is 20.8. The molecule has 1 aromatic carbocycles. The molecule has 7 nitrogen and oxygen atoms in total. The van der Waals surface area contributed by atoms with Gasteiger partial charge < -0.3 is 19.6 Å². The molecule has 176 valence electrons. The number of pyridine rings is 1. The van der Waals surface area contributed by atoms with Gasteiger partial charge in [-0.15, -0.1) is 22.7 Å². The maximum absolute atomic E-state index is 13.1. The van der Waals surface area contributed by atoms with Crippen molar-refractivity contribution in [2.45, 2.75) is 25.8 Å². The van der Waals surface area contributed by atoms with Gasteiger partial charge in [-0.3, -0.25) is 14.6 Å². The quantitative estimate of drug-likeness (QED) is 0.425. The number of fused-ring (bicyclic) bond motifs is 2. The van der Waals surface area contributed by atoms with Crippen molar-refractivity contribution < 1.29 is 19.4 Å². The zero-order valence-electron chi connectivity index (χ0n) is 19.2. The number of hydrogen-bond donors (Lipinski definition) is 1. The number of carbonyl (C=O) groups is 2. The summed E-state index contributed by atoms with van der Waals surface area (Å²) in [5.74, 6) is 1.21. The third-order valence-electron chi connectivity index (χ3n) is 6.12. The number of aliphatic hydroxyl groups excluding tert-OH is 1. The van der Waals surface area contributed by atoms with Gasteiger partial charge in [-0.2, -0.15) is 0 Å². The minimum absolute atomic E-state index is 0.00881. The number of rotatable bonds is 5. The number of aryl methyl sites for hydroxylation is 1. The molecular formula is C25H25N3O4S2. The summed E-state index contributed by atoms with van der Waals surface area (Å²) in [6, 6.07) is 9.21. The summed E-state index contributed by atoms with van der Waals surface area (Å²) in [6.45, 7) is 2.60. The summed E-state index contributed by atoms with van der Waals surface area (Å²) in [5, 5.41) is 10.5. The molecule has 1 aliphatic rings. The number of aliphatic hydroxyl groups is 1. The SMILES string of the molecule is Cc1sc2cc(Oc3ccnc4cc(C(=O)N5CCC[C@H]5CO)sc34)ccc2c1C(=O)N(C)C. The molecule has 4 heterocycles. The van der Waals surface area contributed by atoms with Gasteiger partial charge >= 0.3 is 0 Å². The van der Waals surface area contributed by atoms with Gasteiger partial charge in [-0.05, 0) is 44.0 Å². The highest BCUT2D eigenvalue weighted by atomic mass is 32.1. The van der Waals surface area contributed by atoms with E-state index in [2.05, 4.69) is 4.98 Å². The summed E-state index contributed by atoms with van der Waals surface area (Å²) >= 11 is 2.93. The van der Waals surface area contributed by atoms with Crippen molar-refractivity contribution in [3.05, 3.63) is 51.8 Å². The first-order chi connectivity index (χ1) is 16.4. The van der Waals surface area contributed by atoms with Crippen LogP contribution in [0, 0.1) is 6.92 Å². The topological polar surface area (TPSA) is 83.0 Å². The van der Waals surface area contributed by atoms with Crippen molar-refractivity contribution in [2.24, 2.45) is 0 Å². The maximum Gasteiger partial charge on any atom is 0.264 e. The molecule has 1 saturated heterocycles. The molecule has 0 spiro atoms. The molecule has 0 bridgehead atoms. The van der Waals surface area contributed by atoms with E-state index in [1.165, 1.54) is 11.3 Å². The Morgan fingerprint density at radius 2 is 2.06 bits per heavy atom. The van der Waals surface area contributed by atoms with Crippen LogP contribution in [-0.2, 0) is 0 Å². The van der Waals surface area contributed by atoms with Crippen molar-refractivity contribution in [1.29, 1.82) is 0 Å². The van der Waals surface area contributed by atoms with Crippen molar-refractivity contribution >= 4 is 54.8 Å². The van der Waals surface area contributed by atoms with Gasteiger partial charge in [-0.25, -0.2) is 0 Å². The second-order valence-corrected chi connectivity index (χ2v) is 10.9. The zero-order chi connectivity index (χ0) is 24.0. The number of thiophene rings is 2. The van der Waals surface area contributed by atoms with Gasteiger partial charge in [0.2, 0.25) is 0 Å². The molecule has 0 saturated carbocycles. The average molecular weight is 496 g/mol. The first-order valence-electron chi connectivity index (χ1n) is 11.1. The highest BCUT2D eigenvalue weighted by molar-refractivity contribution is 7.21. The number of likely N-dealkylation sites (tertiary alicyclic amines) is 1. The van der Waals surface area contributed by atoms with E-state index in [1.807, 2.05) is 25.1 Å². The summed E-state index contributed by atoms with van der Waals surface area (Å²) in [4.78, 5) is 35.0. The van der Waals surface area contributed by atoms with Gasteiger partial charge in [0.05, 0.1) is 33.3 Å². The van der Waals surface area contributed by atoms with Crippen LogP contribution in [0.15, 0.2) is 36.5 Å². The molecule has 0 unspecified atom stereocenters. The van der Waals surface area contributed by atoms with Crippen LogP contribution in [0.3, 0.4) is 0 Å². The molecule has 1 N–H and O–H groups in total. The first-order valence-corrected chi connectivity index (χ1v) is 12.7.